The van der Waals surface area contributed by atoms with Crippen LogP contribution in [0, 0.1) is 0 Å². The molecule has 9 nitrogen and oxygen atoms in total. The number of carbonyl (C=O) groups excluding carboxylic acids is 3. The average Bonchev–Trinajstić information content (AvgIpc) is 3.38. The van der Waals surface area contributed by atoms with Crippen molar-refractivity contribution in [3.05, 3.63) is 146 Å². The molecular formula is C66H105NO8. The molecule has 0 spiro atoms. The zero-order chi connectivity index (χ0) is 54.8. The van der Waals surface area contributed by atoms with Crippen LogP contribution in [0.1, 0.15) is 194 Å². The van der Waals surface area contributed by atoms with Gasteiger partial charge in [0.15, 0.2) is 12.4 Å². The molecule has 0 N–H and O–H groups in total. The Balaban J connectivity index is 4.37. The lowest BCUT2D eigenvalue weighted by molar-refractivity contribution is -0.870. The van der Waals surface area contributed by atoms with Crippen molar-refractivity contribution in [1.82, 2.24) is 0 Å². The predicted molar refractivity (Wildman–Crippen MR) is 315 cm³/mol. The normalized spacial score (nSPS) is 13.9. The monoisotopic (exact) mass is 1040 g/mol. The number of rotatable bonds is 51. The Kier molecular flexibility index (Phi) is 51.8. The molecule has 0 fully saturated rings. The molecule has 0 aromatic rings. The lowest BCUT2D eigenvalue weighted by Crippen LogP contribution is -2.44. The molecular weight excluding hydrogens is 935 g/mol. The summed E-state index contributed by atoms with van der Waals surface area (Å²) in [5.41, 5.74) is 0. The largest absolute Gasteiger partial charge is 0.545 e. The van der Waals surface area contributed by atoms with Crippen LogP contribution in [0.2, 0.25) is 0 Å². The molecule has 0 aromatic carbocycles. The molecule has 0 saturated heterocycles. The van der Waals surface area contributed by atoms with Crippen LogP contribution in [0.15, 0.2) is 146 Å². The van der Waals surface area contributed by atoms with Crippen molar-refractivity contribution in [3.8, 4) is 0 Å². The molecule has 0 heterocycles. The second kappa shape index (κ2) is 55.4. The van der Waals surface area contributed by atoms with Crippen LogP contribution in [0.5, 0.6) is 0 Å². The third-order valence-corrected chi connectivity index (χ3v) is 11.6. The number of ether oxygens (including phenoxy) is 4. The van der Waals surface area contributed by atoms with Crippen molar-refractivity contribution in [2.45, 2.75) is 206 Å². The number of likely N-dealkylation sites (N-methyl/N-ethyl adjacent to an activating group) is 1. The predicted octanol–water partition coefficient (Wildman–Crippen LogP) is 15.9. The first-order valence-electron chi connectivity index (χ1n) is 29.0. The number of aliphatic carboxylic acids is 1. The molecule has 0 aliphatic rings. The Labute approximate surface area is 458 Å². The number of allylic oxidation sites excluding steroid dienone is 24. The highest BCUT2D eigenvalue weighted by molar-refractivity contribution is 5.70. The standard InChI is InChI=1S/C66H105NO8/c1-6-8-10-12-14-16-18-20-22-24-26-28-30-31-32-33-35-37-39-41-43-45-47-49-51-53-55-57-64(69)75-62(61-74-66(65(70)71)72-59-58-67(3,4)5)60-73-63(68)56-54-52-50-48-46-44-42-40-38-36-34-29-27-25-23-21-19-17-15-13-11-9-7-2/h8-11,14-17,20-23,26-29,31-32,35-38,42,44,62,66H,6-7,12-13,18-19,24-25,30,33-34,39-41,43,45-61H2,1-5H3/b10-8-,11-9-,16-14-,17-15-,22-20-,23-21-,28-26-,29-27-,32-31-,37-35-,38-36-,44-42-. The van der Waals surface area contributed by atoms with Gasteiger partial charge in [-0.25, -0.2) is 0 Å². The van der Waals surface area contributed by atoms with Crippen LogP contribution in [-0.4, -0.2) is 82.3 Å². The Hall–Kier alpha value is -4.83. The third-order valence-electron chi connectivity index (χ3n) is 11.6. The van der Waals surface area contributed by atoms with Gasteiger partial charge in [0, 0.05) is 12.8 Å². The van der Waals surface area contributed by atoms with Gasteiger partial charge in [0.2, 0.25) is 0 Å². The summed E-state index contributed by atoms with van der Waals surface area (Å²) in [4.78, 5) is 37.3. The van der Waals surface area contributed by atoms with E-state index in [1.807, 2.05) is 21.1 Å². The first kappa shape index (κ1) is 70.2. The van der Waals surface area contributed by atoms with Gasteiger partial charge in [0.05, 0.1) is 40.3 Å². The first-order chi connectivity index (χ1) is 36.6. The summed E-state index contributed by atoms with van der Waals surface area (Å²) in [7, 11) is 5.90. The van der Waals surface area contributed by atoms with Crippen LogP contribution in [0.3, 0.4) is 0 Å². The minimum Gasteiger partial charge on any atom is -0.545 e. The van der Waals surface area contributed by atoms with Crippen molar-refractivity contribution in [1.29, 1.82) is 0 Å². The van der Waals surface area contributed by atoms with Crippen molar-refractivity contribution in [2.75, 3.05) is 47.5 Å². The van der Waals surface area contributed by atoms with Gasteiger partial charge in [0.25, 0.3) is 0 Å². The fraction of sp³-hybridized carbons (Fsp3) is 0.591. The van der Waals surface area contributed by atoms with Crippen molar-refractivity contribution >= 4 is 17.9 Å². The van der Waals surface area contributed by atoms with Gasteiger partial charge in [-0.05, 0) is 116 Å². The maximum Gasteiger partial charge on any atom is 0.306 e. The second-order valence-corrected chi connectivity index (χ2v) is 19.8. The number of quaternary nitrogens is 1. The Bertz CT molecular complexity index is 1730. The molecule has 0 aromatic heterocycles. The van der Waals surface area contributed by atoms with Crippen molar-refractivity contribution in [2.24, 2.45) is 0 Å². The zero-order valence-electron chi connectivity index (χ0n) is 47.9. The van der Waals surface area contributed by atoms with E-state index in [2.05, 4.69) is 160 Å². The quantitative estimate of drug-likeness (QED) is 0.0195. The second-order valence-electron chi connectivity index (χ2n) is 19.8. The topological polar surface area (TPSA) is 111 Å². The Morgan fingerprint density at radius 3 is 1.07 bits per heavy atom. The van der Waals surface area contributed by atoms with E-state index in [1.54, 1.807) is 0 Å². The van der Waals surface area contributed by atoms with Gasteiger partial charge in [-0.3, -0.25) is 9.59 Å². The van der Waals surface area contributed by atoms with Gasteiger partial charge in [-0.15, -0.1) is 0 Å². The minimum atomic E-state index is -1.64. The Morgan fingerprint density at radius 2 is 0.720 bits per heavy atom. The zero-order valence-corrected chi connectivity index (χ0v) is 47.9. The van der Waals surface area contributed by atoms with E-state index in [0.29, 0.717) is 23.9 Å². The van der Waals surface area contributed by atoms with Gasteiger partial charge < -0.3 is 33.3 Å². The average molecular weight is 1040 g/mol. The maximum atomic E-state index is 12.9. The minimum absolute atomic E-state index is 0.132. The summed E-state index contributed by atoms with van der Waals surface area (Å²) in [6, 6.07) is 0. The number of nitrogens with zero attached hydrogens (tertiary/aromatic N) is 1. The molecule has 0 rings (SSSR count). The number of carboxylic acid groups (broad SMARTS) is 1. The van der Waals surface area contributed by atoms with Crippen molar-refractivity contribution in [3.63, 3.8) is 0 Å². The van der Waals surface area contributed by atoms with Crippen LogP contribution < -0.4 is 5.11 Å². The van der Waals surface area contributed by atoms with E-state index in [1.165, 1.54) is 25.7 Å². The fourth-order valence-corrected chi connectivity index (χ4v) is 7.19. The van der Waals surface area contributed by atoms with Crippen LogP contribution in [0.25, 0.3) is 0 Å². The SMILES string of the molecule is CC/C=C\C/C=C\C/C=C\C/C=C\C/C=C\C/C=C\CCCCCCCCCCC(=O)OC(COC(=O)CCCCCC/C=C\C/C=C\C/C=C\C/C=C\C/C=C\C/C=C\CC)COC(OCC[N+](C)(C)C)C(=O)[O-]. The maximum absolute atomic E-state index is 12.9. The van der Waals surface area contributed by atoms with E-state index in [0.717, 1.165) is 128 Å². The number of hydrogen-bond donors (Lipinski definition) is 0. The first-order valence-corrected chi connectivity index (χ1v) is 29.0. The van der Waals surface area contributed by atoms with Gasteiger partial charge in [-0.1, -0.05) is 211 Å². The molecule has 9 heteroatoms. The van der Waals surface area contributed by atoms with Gasteiger partial charge in [-0.2, -0.15) is 0 Å². The molecule has 0 saturated carbocycles. The number of carboxylic acids is 1. The molecule has 2 unspecified atom stereocenters. The van der Waals surface area contributed by atoms with Gasteiger partial charge in [0.1, 0.15) is 13.2 Å². The number of hydrogen-bond acceptors (Lipinski definition) is 8. The molecule has 0 amide bonds. The summed E-state index contributed by atoms with van der Waals surface area (Å²) in [6.45, 7) is 4.45. The summed E-state index contributed by atoms with van der Waals surface area (Å²) in [5, 5.41) is 11.8. The highest BCUT2D eigenvalue weighted by Gasteiger charge is 2.22. The molecule has 0 aliphatic carbocycles. The highest BCUT2D eigenvalue weighted by Crippen LogP contribution is 2.13. The third kappa shape index (κ3) is 56.7. The summed E-state index contributed by atoms with van der Waals surface area (Å²) < 4.78 is 22.7. The van der Waals surface area contributed by atoms with E-state index < -0.39 is 30.3 Å². The van der Waals surface area contributed by atoms with Crippen molar-refractivity contribution < 1.29 is 42.9 Å². The molecule has 0 radical (unpaired) electrons. The molecule has 2 atom stereocenters. The van der Waals surface area contributed by atoms with E-state index in [-0.39, 0.29) is 32.7 Å². The molecule has 0 bridgehead atoms. The van der Waals surface area contributed by atoms with E-state index in [9.17, 15) is 19.5 Å². The smallest absolute Gasteiger partial charge is 0.306 e. The number of carbonyl (C=O) groups is 3. The summed E-state index contributed by atoms with van der Waals surface area (Å²) >= 11 is 0. The lowest BCUT2D eigenvalue weighted by atomic mass is 10.1. The number of esters is 2. The molecule has 422 valence electrons. The molecule has 0 aliphatic heterocycles. The van der Waals surface area contributed by atoms with E-state index in [4.69, 9.17) is 18.9 Å². The molecule has 75 heavy (non-hydrogen) atoms. The number of unbranched alkanes of at least 4 members (excludes halogenated alkanes) is 12. The van der Waals surface area contributed by atoms with Gasteiger partial charge >= 0.3 is 11.9 Å². The van der Waals surface area contributed by atoms with Crippen LogP contribution >= 0.6 is 0 Å². The van der Waals surface area contributed by atoms with Crippen LogP contribution in [0.4, 0.5) is 0 Å². The van der Waals surface area contributed by atoms with E-state index >= 15 is 0 Å². The summed E-state index contributed by atoms with van der Waals surface area (Å²) in [6.07, 6.45) is 77.4. The highest BCUT2D eigenvalue weighted by atomic mass is 16.7. The lowest BCUT2D eigenvalue weighted by Gasteiger charge is -2.26. The fourth-order valence-electron chi connectivity index (χ4n) is 7.19. The van der Waals surface area contributed by atoms with Crippen LogP contribution in [-0.2, 0) is 33.3 Å². The Morgan fingerprint density at radius 1 is 0.400 bits per heavy atom. The summed E-state index contributed by atoms with van der Waals surface area (Å²) in [5.74, 6) is -2.35.